The van der Waals surface area contributed by atoms with E-state index in [-0.39, 0.29) is 13.0 Å². The number of aliphatic hydroxyl groups is 1. The van der Waals surface area contributed by atoms with Crippen molar-refractivity contribution in [1.29, 1.82) is 0 Å². The highest BCUT2D eigenvalue weighted by Gasteiger charge is 2.35. The van der Waals surface area contributed by atoms with Crippen molar-refractivity contribution in [2.75, 3.05) is 6.61 Å². The first-order chi connectivity index (χ1) is 7.37. The van der Waals surface area contributed by atoms with Crippen LogP contribution in [0.4, 0.5) is 0 Å². The van der Waals surface area contributed by atoms with Crippen LogP contribution in [-0.2, 0) is 14.3 Å². The first-order valence-electron chi connectivity index (χ1n) is 5.02. The van der Waals surface area contributed by atoms with Crippen LogP contribution in [0.5, 0.6) is 0 Å². The number of carbonyl (C=O) groups excluding carboxylic acids is 2. The van der Waals surface area contributed by atoms with Crippen LogP contribution < -0.4 is 0 Å². The standard InChI is InChI=1S/C10H16N2O4/c1-4-10(3,15)6-7(13)8(12-11)9(14)16-5-2/h15H,4-6H2,1-3H3. The van der Waals surface area contributed by atoms with Crippen LogP contribution in [-0.4, -0.2) is 39.6 Å². The Morgan fingerprint density at radius 1 is 1.44 bits per heavy atom. The van der Waals surface area contributed by atoms with Gasteiger partial charge in [0.2, 0.25) is 0 Å². The largest absolute Gasteiger partial charge is 0.457 e. The molecule has 0 aromatic carbocycles. The van der Waals surface area contributed by atoms with Gasteiger partial charge in [0, 0.05) is 6.42 Å². The van der Waals surface area contributed by atoms with Crippen LogP contribution in [0.15, 0.2) is 0 Å². The molecule has 1 N–H and O–H groups in total. The van der Waals surface area contributed by atoms with Crippen LogP contribution in [0.25, 0.3) is 5.53 Å². The van der Waals surface area contributed by atoms with E-state index in [9.17, 15) is 14.7 Å². The third-order valence-corrected chi connectivity index (χ3v) is 2.14. The summed E-state index contributed by atoms with van der Waals surface area (Å²) in [5, 5.41) is 9.64. The zero-order valence-electron chi connectivity index (χ0n) is 9.69. The minimum atomic E-state index is -1.22. The maximum atomic E-state index is 11.5. The number of Topliss-reactive ketones (excluding diaryl/α,β-unsaturated/α-hetero) is 1. The lowest BCUT2D eigenvalue weighted by Gasteiger charge is -2.18. The van der Waals surface area contributed by atoms with Crippen molar-refractivity contribution in [3.63, 3.8) is 0 Å². The molecule has 0 saturated heterocycles. The van der Waals surface area contributed by atoms with E-state index in [1.807, 2.05) is 0 Å². The number of hydrogen-bond acceptors (Lipinski definition) is 4. The van der Waals surface area contributed by atoms with Gasteiger partial charge in [-0.2, -0.15) is 4.79 Å². The average Bonchev–Trinajstić information content (AvgIpc) is 2.18. The summed E-state index contributed by atoms with van der Waals surface area (Å²) in [6, 6.07) is 0. The number of nitrogens with zero attached hydrogens (tertiary/aromatic N) is 2. The molecule has 0 radical (unpaired) electrons. The van der Waals surface area contributed by atoms with Crippen LogP contribution in [0.3, 0.4) is 0 Å². The third-order valence-electron chi connectivity index (χ3n) is 2.14. The Bertz CT molecular complexity index is 330. The van der Waals surface area contributed by atoms with Gasteiger partial charge >= 0.3 is 11.7 Å². The van der Waals surface area contributed by atoms with E-state index >= 15 is 0 Å². The SMILES string of the molecule is CCOC(=O)C(=[N+]=[N-])C(=O)CC(C)(O)CC. The molecule has 6 nitrogen and oxygen atoms in total. The van der Waals surface area contributed by atoms with E-state index < -0.39 is 23.1 Å². The molecule has 90 valence electrons. The summed E-state index contributed by atoms with van der Waals surface area (Å²) in [5.74, 6) is -1.73. The Labute approximate surface area is 93.8 Å². The fraction of sp³-hybridized carbons (Fsp3) is 0.700. The van der Waals surface area contributed by atoms with Crippen molar-refractivity contribution in [3.8, 4) is 0 Å². The van der Waals surface area contributed by atoms with Gasteiger partial charge < -0.3 is 15.4 Å². The molecule has 0 aliphatic rings. The fourth-order valence-electron chi connectivity index (χ4n) is 0.964. The van der Waals surface area contributed by atoms with Crippen molar-refractivity contribution in [3.05, 3.63) is 5.53 Å². The van der Waals surface area contributed by atoms with Gasteiger partial charge in [-0.25, -0.2) is 4.79 Å². The monoisotopic (exact) mass is 228 g/mol. The maximum absolute atomic E-state index is 11.5. The molecule has 1 atom stereocenters. The smallest absolute Gasteiger partial charge is 0.441 e. The summed E-state index contributed by atoms with van der Waals surface area (Å²) in [7, 11) is 0. The molecular formula is C10H16N2O4. The molecule has 0 heterocycles. The maximum Gasteiger partial charge on any atom is 0.441 e. The third kappa shape index (κ3) is 4.33. The summed E-state index contributed by atoms with van der Waals surface area (Å²) in [6.07, 6.45) is 0.0575. The molecular weight excluding hydrogens is 212 g/mol. The molecule has 0 saturated carbocycles. The summed E-state index contributed by atoms with van der Waals surface area (Å²) in [5.41, 5.74) is 6.64. The summed E-state index contributed by atoms with van der Waals surface area (Å²) in [6.45, 7) is 4.81. The lowest BCUT2D eigenvalue weighted by Crippen LogP contribution is -2.34. The Morgan fingerprint density at radius 3 is 2.38 bits per heavy atom. The van der Waals surface area contributed by atoms with E-state index in [4.69, 9.17) is 5.53 Å². The lowest BCUT2D eigenvalue weighted by molar-refractivity contribution is -0.142. The Kier molecular flexibility index (Phi) is 5.56. The first-order valence-corrected chi connectivity index (χ1v) is 5.02. The molecule has 1 unspecified atom stereocenters. The van der Waals surface area contributed by atoms with Crippen LogP contribution in [0.1, 0.15) is 33.6 Å². The van der Waals surface area contributed by atoms with E-state index in [1.165, 1.54) is 6.92 Å². The van der Waals surface area contributed by atoms with Gasteiger partial charge in [0.15, 0.2) is 0 Å². The van der Waals surface area contributed by atoms with E-state index in [0.717, 1.165) is 0 Å². The Hall–Kier alpha value is -1.52. The average molecular weight is 228 g/mol. The van der Waals surface area contributed by atoms with Crippen LogP contribution in [0.2, 0.25) is 0 Å². The van der Waals surface area contributed by atoms with Crippen molar-refractivity contribution in [2.24, 2.45) is 0 Å². The number of ketones is 1. The highest BCUT2D eigenvalue weighted by atomic mass is 16.5. The molecule has 16 heavy (non-hydrogen) atoms. The van der Waals surface area contributed by atoms with Crippen LogP contribution in [0, 0.1) is 0 Å². The predicted molar refractivity (Wildman–Crippen MR) is 55.8 cm³/mol. The molecule has 0 fully saturated rings. The minimum absolute atomic E-state index is 0.0787. The van der Waals surface area contributed by atoms with Crippen molar-refractivity contribution >= 4 is 17.5 Å². The number of esters is 1. The number of ether oxygens (including phenoxy) is 1. The van der Waals surface area contributed by atoms with E-state index in [0.29, 0.717) is 6.42 Å². The Morgan fingerprint density at radius 2 is 2.00 bits per heavy atom. The number of hydrogen-bond donors (Lipinski definition) is 1. The second-order valence-electron chi connectivity index (χ2n) is 3.62. The summed E-state index contributed by atoms with van der Waals surface area (Å²) < 4.78 is 4.53. The molecule has 0 bridgehead atoms. The Balaban J connectivity index is 4.70. The van der Waals surface area contributed by atoms with Gasteiger partial charge in [-0.3, -0.25) is 4.79 Å². The molecule has 0 aromatic rings. The highest BCUT2D eigenvalue weighted by Crippen LogP contribution is 2.14. The van der Waals surface area contributed by atoms with Gasteiger partial charge in [0.05, 0.1) is 12.2 Å². The van der Waals surface area contributed by atoms with E-state index in [1.54, 1.807) is 13.8 Å². The van der Waals surface area contributed by atoms with Gasteiger partial charge in [-0.15, -0.1) is 0 Å². The van der Waals surface area contributed by atoms with Crippen molar-refractivity contribution < 1.29 is 24.2 Å². The molecule has 6 heteroatoms. The van der Waals surface area contributed by atoms with Gasteiger partial charge in [-0.1, -0.05) is 6.92 Å². The first kappa shape index (κ1) is 14.5. The molecule has 0 amide bonds. The quantitative estimate of drug-likeness (QED) is 0.233. The topological polar surface area (TPSA) is 100 Å². The molecule has 0 spiro atoms. The fourth-order valence-corrected chi connectivity index (χ4v) is 0.964. The molecule has 0 aromatic heterocycles. The zero-order valence-corrected chi connectivity index (χ0v) is 9.69. The molecule has 0 aliphatic heterocycles. The second-order valence-corrected chi connectivity index (χ2v) is 3.62. The molecule has 0 rings (SSSR count). The summed E-state index contributed by atoms with van der Waals surface area (Å²) >= 11 is 0. The molecule has 0 aliphatic carbocycles. The van der Waals surface area contributed by atoms with Gasteiger partial charge in [0.1, 0.15) is 0 Å². The summed E-state index contributed by atoms with van der Waals surface area (Å²) in [4.78, 5) is 25.3. The predicted octanol–water partition coefficient (Wildman–Crippen LogP) is 0.340. The van der Waals surface area contributed by atoms with E-state index in [2.05, 4.69) is 9.53 Å². The highest BCUT2D eigenvalue weighted by molar-refractivity contribution is 6.62. The normalized spacial score (nSPS) is 13.5. The van der Waals surface area contributed by atoms with Crippen LogP contribution >= 0.6 is 0 Å². The minimum Gasteiger partial charge on any atom is -0.457 e. The number of rotatable bonds is 6. The number of carbonyl (C=O) groups is 2. The zero-order chi connectivity index (χ0) is 12.8. The second kappa shape index (κ2) is 6.15. The van der Waals surface area contributed by atoms with Crippen molar-refractivity contribution in [2.45, 2.75) is 39.2 Å². The van der Waals surface area contributed by atoms with Gasteiger partial charge in [0.25, 0.3) is 5.78 Å². The lowest BCUT2D eigenvalue weighted by atomic mass is 9.95. The van der Waals surface area contributed by atoms with Crippen molar-refractivity contribution in [1.82, 2.24) is 0 Å². The van der Waals surface area contributed by atoms with Gasteiger partial charge in [-0.05, 0) is 20.3 Å².